The fraction of sp³-hybridized carbons (Fsp3) is 0.923. The van der Waals surface area contributed by atoms with Crippen LogP contribution in [0.2, 0.25) is 0 Å². The molecule has 6 aliphatic rings. The van der Waals surface area contributed by atoms with Crippen LogP contribution in [-0.2, 0) is 9.53 Å². The number of carbonyl (C=O) groups excluding carboxylic acids is 1. The summed E-state index contributed by atoms with van der Waals surface area (Å²) in [5, 5.41) is 0. The van der Waals surface area contributed by atoms with Crippen molar-refractivity contribution in [3.05, 3.63) is 0 Å². The molecule has 0 aliphatic heterocycles. The Hall–Kier alpha value is -0.530. The Morgan fingerprint density at radius 1 is 1.33 bits per heavy atom. The quantitative estimate of drug-likeness (QED) is 0.652. The van der Waals surface area contributed by atoms with Crippen LogP contribution < -0.4 is 0 Å². The maximum Gasteiger partial charge on any atom is 0.308 e. The Labute approximate surface area is 91.4 Å². The van der Waals surface area contributed by atoms with Gasteiger partial charge in [-0.25, -0.2) is 0 Å². The lowest BCUT2D eigenvalue weighted by atomic mass is 9.51. The third-order valence-corrected chi connectivity index (χ3v) is 4.99. The molecule has 6 fully saturated rings. The first kappa shape index (κ1) is 9.68. The number of ether oxygens (including phenoxy) is 1. The third-order valence-electron chi connectivity index (χ3n) is 4.99. The number of rotatable bonds is 2. The lowest BCUT2D eigenvalue weighted by Gasteiger charge is -2.54. The molecule has 3 bridgehead atoms. The number of carbonyl (C=O) groups is 1. The normalized spacial score (nSPS) is 46.9. The monoisotopic (exact) mass is 208 g/mol. The summed E-state index contributed by atoms with van der Waals surface area (Å²) in [7, 11) is 0. The molecule has 0 aromatic heterocycles. The molecular formula is C13H20O2. The standard InChI is InChI=1S/C13H20O2/c1-2-15-12(14)10-5-9-3-4-13(6-10)7-11(9)8-13/h9-11H,2-8H2,1H3/t9-,10+,11?,13?/m1/s1. The molecule has 0 saturated heterocycles. The maximum atomic E-state index is 11.8. The van der Waals surface area contributed by atoms with Gasteiger partial charge in [-0.2, -0.15) is 0 Å². The highest BCUT2D eigenvalue weighted by molar-refractivity contribution is 5.72. The predicted molar refractivity (Wildman–Crippen MR) is 57.2 cm³/mol. The first-order chi connectivity index (χ1) is 7.22. The van der Waals surface area contributed by atoms with Crippen LogP contribution in [0.1, 0.15) is 45.4 Å². The van der Waals surface area contributed by atoms with Crippen molar-refractivity contribution in [3.8, 4) is 0 Å². The minimum Gasteiger partial charge on any atom is -0.466 e. The summed E-state index contributed by atoms with van der Waals surface area (Å²) in [4.78, 5) is 11.8. The highest BCUT2D eigenvalue weighted by atomic mass is 16.5. The third kappa shape index (κ3) is 1.41. The molecule has 6 aliphatic carbocycles. The van der Waals surface area contributed by atoms with Crippen molar-refractivity contribution in [2.75, 3.05) is 6.61 Å². The topological polar surface area (TPSA) is 26.3 Å². The molecule has 0 N–H and O–H groups in total. The molecule has 6 rings (SSSR count). The largest absolute Gasteiger partial charge is 0.466 e. The summed E-state index contributed by atoms with van der Waals surface area (Å²) in [5.74, 6) is 2.10. The van der Waals surface area contributed by atoms with Crippen molar-refractivity contribution in [2.24, 2.45) is 23.2 Å². The van der Waals surface area contributed by atoms with E-state index in [1.165, 1.54) is 25.7 Å². The summed E-state index contributed by atoms with van der Waals surface area (Å²) in [6.07, 6.45) is 7.82. The molecule has 0 aromatic rings. The molecule has 0 radical (unpaired) electrons. The first-order valence-corrected chi connectivity index (χ1v) is 6.39. The van der Waals surface area contributed by atoms with Crippen molar-refractivity contribution in [3.63, 3.8) is 0 Å². The number of esters is 1. The van der Waals surface area contributed by atoms with Gasteiger partial charge < -0.3 is 4.74 Å². The minimum absolute atomic E-state index is 0.0799. The highest BCUT2D eigenvalue weighted by Crippen LogP contribution is 2.65. The van der Waals surface area contributed by atoms with E-state index in [1.807, 2.05) is 6.92 Å². The molecule has 0 amide bonds. The van der Waals surface area contributed by atoms with Crippen LogP contribution >= 0.6 is 0 Å². The fourth-order valence-electron chi connectivity index (χ4n) is 4.31. The van der Waals surface area contributed by atoms with E-state index in [-0.39, 0.29) is 11.9 Å². The predicted octanol–water partition coefficient (Wildman–Crippen LogP) is 2.77. The molecule has 0 unspecified atom stereocenters. The highest BCUT2D eigenvalue weighted by Gasteiger charge is 2.56. The van der Waals surface area contributed by atoms with E-state index in [4.69, 9.17) is 4.74 Å². The fourth-order valence-corrected chi connectivity index (χ4v) is 4.31. The van der Waals surface area contributed by atoms with E-state index in [1.54, 1.807) is 0 Å². The SMILES string of the molecule is CCOC(=O)[C@H]1C[C@H]2CCC3(CC2C3)C1. The van der Waals surface area contributed by atoms with E-state index >= 15 is 0 Å². The number of hydrogen-bond acceptors (Lipinski definition) is 2. The van der Waals surface area contributed by atoms with Crippen molar-refractivity contribution >= 4 is 5.97 Å². The van der Waals surface area contributed by atoms with Crippen LogP contribution in [0.25, 0.3) is 0 Å². The van der Waals surface area contributed by atoms with E-state index < -0.39 is 0 Å². The van der Waals surface area contributed by atoms with Crippen LogP contribution in [0.15, 0.2) is 0 Å². The molecule has 0 heterocycles. The van der Waals surface area contributed by atoms with E-state index in [9.17, 15) is 4.79 Å². The zero-order valence-corrected chi connectivity index (χ0v) is 9.50. The van der Waals surface area contributed by atoms with E-state index in [2.05, 4.69) is 0 Å². The summed E-state index contributed by atoms with van der Waals surface area (Å²) in [5.41, 5.74) is 0.565. The minimum atomic E-state index is 0.0799. The Kier molecular flexibility index (Phi) is 2.08. The van der Waals surface area contributed by atoms with Gasteiger partial charge in [0.2, 0.25) is 0 Å². The van der Waals surface area contributed by atoms with Gasteiger partial charge in [-0.05, 0) is 62.7 Å². The van der Waals surface area contributed by atoms with Gasteiger partial charge in [0.15, 0.2) is 0 Å². The van der Waals surface area contributed by atoms with E-state index in [0.717, 1.165) is 24.7 Å². The second-order valence-corrected chi connectivity index (χ2v) is 5.86. The summed E-state index contributed by atoms with van der Waals surface area (Å²) in [6, 6.07) is 0. The summed E-state index contributed by atoms with van der Waals surface area (Å²) < 4.78 is 5.19. The van der Waals surface area contributed by atoms with Crippen LogP contribution in [0.5, 0.6) is 0 Å². The van der Waals surface area contributed by atoms with Crippen molar-refractivity contribution < 1.29 is 9.53 Å². The zero-order valence-electron chi connectivity index (χ0n) is 9.50. The van der Waals surface area contributed by atoms with Gasteiger partial charge in [0.25, 0.3) is 0 Å². The second kappa shape index (κ2) is 3.23. The Balaban J connectivity index is 1.75. The first-order valence-electron chi connectivity index (χ1n) is 6.39. The average Bonchev–Trinajstić information content (AvgIpc) is 2.51. The maximum absolute atomic E-state index is 11.8. The van der Waals surface area contributed by atoms with Gasteiger partial charge in [-0.1, -0.05) is 0 Å². The van der Waals surface area contributed by atoms with Gasteiger partial charge in [-0.3, -0.25) is 4.79 Å². The molecule has 1 spiro atoms. The Morgan fingerprint density at radius 2 is 2.13 bits per heavy atom. The van der Waals surface area contributed by atoms with Gasteiger partial charge in [-0.15, -0.1) is 0 Å². The lowest BCUT2D eigenvalue weighted by Crippen LogP contribution is -2.43. The van der Waals surface area contributed by atoms with Crippen molar-refractivity contribution in [1.82, 2.24) is 0 Å². The molecule has 2 nitrogen and oxygen atoms in total. The molecule has 2 atom stereocenters. The zero-order chi connectivity index (χ0) is 10.5. The average molecular weight is 208 g/mol. The van der Waals surface area contributed by atoms with E-state index in [0.29, 0.717) is 12.0 Å². The van der Waals surface area contributed by atoms with Gasteiger partial charge in [0.05, 0.1) is 12.5 Å². The van der Waals surface area contributed by atoms with Crippen LogP contribution in [-0.4, -0.2) is 12.6 Å². The smallest absolute Gasteiger partial charge is 0.308 e. The molecular weight excluding hydrogens is 188 g/mol. The van der Waals surface area contributed by atoms with Crippen LogP contribution in [0, 0.1) is 23.2 Å². The summed E-state index contributed by atoms with van der Waals surface area (Å²) in [6.45, 7) is 2.44. The summed E-state index contributed by atoms with van der Waals surface area (Å²) >= 11 is 0. The van der Waals surface area contributed by atoms with Gasteiger partial charge in [0, 0.05) is 0 Å². The van der Waals surface area contributed by atoms with Crippen LogP contribution in [0.4, 0.5) is 0 Å². The van der Waals surface area contributed by atoms with Gasteiger partial charge >= 0.3 is 5.97 Å². The molecule has 2 heteroatoms. The lowest BCUT2D eigenvalue weighted by molar-refractivity contribution is -0.149. The Bertz CT molecular complexity index is 273. The molecule has 0 aromatic carbocycles. The molecule has 84 valence electrons. The van der Waals surface area contributed by atoms with Crippen molar-refractivity contribution in [1.29, 1.82) is 0 Å². The molecule has 15 heavy (non-hydrogen) atoms. The molecule has 6 saturated carbocycles. The second-order valence-electron chi connectivity index (χ2n) is 5.86. The van der Waals surface area contributed by atoms with Gasteiger partial charge in [0.1, 0.15) is 0 Å². The van der Waals surface area contributed by atoms with Crippen LogP contribution in [0.3, 0.4) is 0 Å². The number of hydrogen-bond donors (Lipinski definition) is 0. The van der Waals surface area contributed by atoms with Crippen molar-refractivity contribution in [2.45, 2.75) is 45.4 Å². The Morgan fingerprint density at radius 3 is 2.73 bits per heavy atom.